The number of hydrogen-bond acceptors (Lipinski definition) is 5. The van der Waals surface area contributed by atoms with Gasteiger partial charge in [-0.2, -0.15) is 0 Å². The average Bonchev–Trinajstić information content (AvgIpc) is 2.59. The first kappa shape index (κ1) is 20.9. The van der Waals surface area contributed by atoms with Crippen molar-refractivity contribution < 1.29 is 22.7 Å². The first-order valence-electron chi connectivity index (χ1n) is 8.14. The minimum atomic E-state index is -3.22. The number of rotatable bonds is 7. The van der Waals surface area contributed by atoms with Crippen LogP contribution in [-0.4, -0.2) is 32.7 Å². The summed E-state index contributed by atoms with van der Waals surface area (Å²) >= 11 is 5.81. The van der Waals surface area contributed by atoms with Gasteiger partial charge in [-0.3, -0.25) is 4.79 Å². The Bertz CT molecular complexity index is 925. The molecule has 0 aromatic heterocycles. The Morgan fingerprint density at radius 1 is 1.11 bits per heavy atom. The van der Waals surface area contributed by atoms with Crippen molar-refractivity contribution >= 4 is 33.3 Å². The van der Waals surface area contributed by atoms with E-state index >= 15 is 0 Å². The second-order valence-corrected chi connectivity index (χ2v) is 8.74. The zero-order valence-corrected chi connectivity index (χ0v) is 16.5. The van der Waals surface area contributed by atoms with Crippen molar-refractivity contribution in [2.75, 3.05) is 6.26 Å². The Morgan fingerprint density at radius 3 is 2.41 bits per heavy atom. The zero-order valence-electron chi connectivity index (χ0n) is 14.9. The topological polar surface area (TPSA) is 89.5 Å². The molecular weight excluding hydrogens is 390 g/mol. The van der Waals surface area contributed by atoms with E-state index in [2.05, 4.69) is 5.32 Å². The molecule has 0 radical (unpaired) electrons. The molecule has 0 aliphatic rings. The Kier molecular flexibility index (Phi) is 6.98. The summed E-state index contributed by atoms with van der Waals surface area (Å²) in [7, 11) is -3.22. The highest BCUT2D eigenvalue weighted by Gasteiger charge is 2.19. The number of benzene rings is 2. The van der Waals surface area contributed by atoms with Crippen LogP contribution in [0.15, 0.2) is 48.5 Å². The van der Waals surface area contributed by atoms with Gasteiger partial charge in [0.05, 0.1) is 11.3 Å². The van der Waals surface area contributed by atoms with E-state index in [-0.39, 0.29) is 17.9 Å². The van der Waals surface area contributed by atoms with Gasteiger partial charge in [0.1, 0.15) is 0 Å². The minimum absolute atomic E-state index is 0.175. The predicted molar refractivity (Wildman–Crippen MR) is 103 cm³/mol. The lowest BCUT2D eigenvalue weighted by atomic mass is 10.1. The third-order valence-electron chi connectivity index (χ3n) is 3.62. The maximum absolute atomic E-state index is 12.2. The molecule has 27 heavy (non-hydrogen) atoms. The van der Waals surface area contributed by atoms with E-state index in [1.165, 1.54) is 19.1 Å². The molecule has 0 saturated heterocycles. The van der Waals surface area contributed by atoms with Crippen molar-refractivity contribution in [3.8, 4) is 0 Å². The van der Waals surface area contributed by atoms with Gasteiger partial charge < -0.3 is 10.1 Å². The van der Waals surface area contributed by atoms with Gasteiger partial charge in [-0.15, -0.1) is 0 Å². The van der Waals surface area contributed by atoms with Crippen LogP contribution in [0.25, 0.3) is 0 Å². The molecule has 2 aromatic carbocycles. The largest absolute Gasteiger partial charge is 0.449 e. The van der Waals surface area contributed by atoms with E-state index in [1.54, 1.807) is 36.4 Å². The number of ether oxygens (including phenoxy) is 1. The smallest absolute Gasteiger partial charge is 0.338 e. The number of sulfone groups is 1. The van der Waals surface area contributed by atoms with Gasteiger partial charge in [0.2, 0.25) is 0 Å². The van der Waals surface area contributed by atoms with Gasteiger partial charge in [-0.25, -0.2) is 13.2 Å². The summed E-state index contributed by atoms with van der Waals surface area (Å²) in [6.07, 6.45) is 0.119. The van der Waals surface area contributed by atoms with Crippen molar-refractivity contribution in [1.29, 1.82) is 0 Å². The van der Waals surface area contributed by atoms with Crippen LogP contribution in [0, 0.1) is 0 Å². The molecule has 0 heterocycles. The molecule has 1 unspecified atom stereocenters. The summed E-state index contributed by atoms with van der Waals surface area (Å²) in [5.74, 6) is -1.31. The second kappa shape index (κ2) is 9.01. The molecule has 1 N–H and O–H groups in total. The van der Waals surface area contributed by atoms with Crippen molar-refractivity contribution in [3.05, 3.63) is 70.2 Å². The molecule has 6 nitrogen and oxygen atoms in total. The number of carbonyl (C=O) groups excluding carboxylic acids is 2. The number of halogens is 1. The molecule has 0 fully saturated rings. The van der Waals surface area contributed by atoms with Gasteiger partial charge in [-0.05, 0) is 42.3 Å². The molecule has 0 aliphatic carbocycles. The molecule has 0 saturated carbocycles. The van der Waals surface area contributed by atoms with Gasteiger partial charge in [0, 0.05) is 17.8 Å². The van der Waals surface area contributed by atoms with E-state index in [1.807, 2.05) is 0 Å². The van der Waals surface area contributed by atoms with Crippen LogP contribution in [0.4, 0.5) is 0 Å². The van der Waals surface area contributed by atoms with Gasteiger partial charge in [-0.1, -0.05) is 35.9 Å². The maximum Gasteiger partial charge on any atom is 0.338 e. The number of hydrogen-bond donors (Lipinski definition) is 1. The fourth-order valence-corrected chi connectivity index (χ4v) is 3.22. The highest BCUT2D eigenvalue weighted by molar-refractivity contribution is 7.89. The normalized spacial score (nSPS) is 12.3. The predicted octanol–water partition coefficient (Wildman–Crippen LogP) is 2.75. The van der Waals surface area contributed by atoms with Crippen molar-refractivity contribution in [2.24, 2.45) is 0 Å². The van der Waals surface area contributed by atoms with Crippen molar-refractivity contribution in [2.45, 2.75) is 25.3 Å². The van der Waals surface area contributed by atoms with E-state index in [9.17, 15) is 18.0 Å². The summed E-state index contributed by atoms with van der Waals surface area (Å²) in [5.41, 5.74) is 1.53. The fraction of sp³-hybridized carbons (Fsp3) is 0.263. The van der Waals surface area contributed by atoms with Gasteiger partial charge >= 0.3 is 5.97 Å². The number of esters is 1. The fourth-order valence-electron chi connectivity index (χ4n) is 2.31. The lowest BCUT2D eigenvalue weighted by molar-refractivity contribution is -0.129. The Morgan fingerprint density at radius 2 is 1.78 bits per heavy atom. The molecule has 0 bridgehead atoms. The molecule has 0 spiro atoms. The number of nitrogens with one attached hydrogen (secondary N) is 1. The first-order chi connectivity index (χ1) is 12.6. The highest BCUT2D eigenvalue weighted by atomic mass is 35.5. The minimum Gasteiger partial charge on any atom is -0.449 e. The molecular formula is C19H20ClNO5S. The highest BCUT2D eigenvalue weighted by Crippen LogP contribution is 2.12. The lowest BCUT2D eigenvalue weighted by Gasteiger charge is -2.14. The van der Waals surface area contributed by atoms with Crippen LogP contribution in [-0.2, 0) is 31.7 Å². The van der Waals surface area contributed by atoms with Crippen LogP contribution in [0.1, 0.15) is 28.4 Å². The van der Waals surface area contributed by atoms with Crippen molar-refractivity contribution in [1.82, 2.24) is 5.32 Å². The lowest BCUT2D eigenvalue weighted by Crippen LogP contribution is -2.35. The summed E-state index contributed by atoms with van der Waals surface area (Å²) < 4.78 is 27.9. The summed E-state index contributed by atoms with van der Waals surface area (Å²) in [6, 6.07) is 13.1. The monoisotopic (exact) mass is 409 g/mol. The van der Waals surface area contributed by atoms with Crippen LogP contribution in [0.5, 0.6) is 0 Å². The summed E-state index contributed by atoms with van der Waals surface area (Å²) in [4.78, 5) is 24.3. The van der Waals surface area contributed by atoms with Crippen molar-refractivity contribution in [3.63, 3.8) is 0 Å². The Labute approximate surface area is 163 Å². The number of carbonyl (C=O) groups is 2. The van der Waals surface area contributed by atoms with E-state index < -0.39 is 27.8 Å². The molecule has 8 heteroatoms. The summed E-state index contributed by atoms with van der Waals surface area (Å²) in [5, 5.41) is 3.28. The van der Waals surface area contributed by atoms with E-state index in [4.69, 9.17) is 16.3 Å². The van der Waals surface area contributed by atoms with Crippen LogP contribution >= 0.6 is 11.6 Å². The number of amides is 1. The van der Waals surface area contributed by atoms with Gasteiger partial charge in [0.15, 0.2) is 15.9 Å². The Hall–Kier alpha value is -2.38. The standard InChI is InChI=1S/C19H20ClNO5S/c1-13(18(22)21-11-14-6-8-17(20)9-7-14)26-19(23)16-5-3-4-15(10-16)12-27(2,24)25/h3-10,13H,11-12H2,1-2H3,(H,21,22). The van der Waals surface area contributed by atoms with E-state index in [0.29, 0.717) is 10.6 Å². The average molecular weight is 410 g/mol. The summed E-state index contributed by atoms with van der Waals surface area (Å²) in [6.45, 7) is 1.75. The molecule has 1 atom stereocenters. The maximum atomic E-state index is 12.2. The molecule has 2 aromatic rings. The zero-order chi connectivity index (χ0) is 20.0. The second-order valence-electron chi connectivity index (χ2n) is 6.16. The quantitative estimate of drug-likeness (QED) is 0.710. The Balaban J connectivity index is 1.93. The first-order valence-corrected chi connectivity index (χ1v) is 10.6. The van der Waals surface area contributed by atoms with E-state index in [0.717, 1.165) is 11.8 Å². The van der Waals surface area contributed by atoms with Crippen LogP contribution < -0.4 is 5.32 Å². The molecule has 144 valence electrons. The third kappa shape index (κ3) is 7.03. The molecule has 0 aliphatic heterocycles. The van der Waals surface area contributed by atoms with Crippen LogP contribution in [0.2, 0.25) is 5.02 Å². The molecule has 1 amide bonds. The molecule has 2 rings (SSSR count). The SMILES string of the molecule is CC(OC(=O)c1cccc(CS(C)(=O)=O)c1)C(=O)NCc1ccc(Cl)cc1. The third-order valence-corrected chi connectivity index (χ3v) is 4.73. The van der Waals surface area contributed by atoms with Gasteiger partial charge in [0.25, 0.3) is 5.91 Å². The van der Waals surface area contributed by atoms with Crippen LogP contribution in [0.3, 0.4) is 0 Å².